The molecule has 0 aromatic rings. The minimum absolute atomic E-state index is 0.653. The topological polar surface area (TPSA) is 36.9 Å². The van der Waals surface area contributed by atoms with Gasteiger partial charge in [0.15, 0.2) is 8.32 Å². The van der Waals surface area contributed by atoms with Crippen molar-refractivity contribution in [2.24, 2.45) is 11.8 Å². The van der Waals surface area contributed by atoms with Gasteiger partial charge in [0.05, 0.1) is 0 Å². The third-order valence-electron chi connectivity index (χ3n) is 4.31. The van der Waals surface area contributed by atoms with Crippen molar-refractivity contribution in [1.82, 2.24) is 0 Å². The zero-order valence-corrected chi connectivity index (χ0v) is 13.9. The average molecular weight is 288 g/mol. The first kappa shape index (κ1) is 14.4. The van der Waals surface area contributed by atoms with Crippen molar-refractivity contribution in [3.05, 3.63) is 12.2 Å². The lowest BCUT2D eigenvalue weighted by atomic mass is 10.1. The Balaban J connectivity index is 2.09. The van der Waals surface area contributed by atoms with E-state index in [1.165, 1.54) is 12.8 Å². The summed E-state index contributed by atoms with van der Waals surface area (Å²) in [6, 6.07) is 0. The van der Waals surface area contributed by atoms with Gasteiger partial charge >= 0.3 is 9.05 Å². The summed E-state index contributed by atoms with van der Waals surface area (Å²) in [5.74, 6) is 1.45. The summed E-state index contributed by atoms with van der Waals surface area (Å²) in [5, 5.41) is 0. The van der Waals surface area contributed by atoms with E-state index in [-0.39, 0.29) is 0 Å². The van der Waals surface area contributed by atoms with E-state index < -0.39 is 17.4 Å². The van der Waals surface area contributed by atoms with Crippen molar-refractivity contribution in [1.29, 1.82) is 0 Å². The highest BCUT2D eigenvalue weighted by Crippen LogP contribution is 2.52. The van der Waals surface area contributed by atoms with E-state index in [4.69, 9.17) is 17.4 Å². The first-order valence-corrected chi connectivity index (χ1v) is 11.1. The number of fused-ring (bicyclic) bond motifs is 2. The van der Waals surface area contributed by atoms with E-state index in [9.17, 15) is 0 Å². The van der Waals surface area contributed by atoms with E-state index in [0.717, 1.165) is 5.92 Å². The minimum Gasteiger partial charge on any atom is -0.394 e. The minimum atomic E-state index is -2.91. The first-order chi connectivity index (χ1) is 8.46. The summed E-state index contributed by atoms with van der Waals surface area (Å²) in [6.07, 6.45) is 7.28. The Labute approximate surface area is 112 Å². The van der Waals surface area contributed by atoms with E-state index in [2.05, 4.69) is 25.2 Å². The van der Waals surface area contributed by atoms with Crippen molar-refractivity contribution in [2.45, 2.75) is 31.5 Å². The molecule has 18 heavy (non-hydrogen) atoms. The molecule has 0 saturated heterocycles. The molecule has 0 spiro atoms. The van der Waals surface area contributed by atoms with Gasteiger partial charge in [0.1, 0.15) is 0 Å². The SMILES string of the molecule is CO[Si](OC)(OC)O[Si](C)(C)C1CC2C=CC1C2. The van der Waals surface area contributed by atoms with Gasteiger partial charge in [0, 0.05) is 21.3 Å². The number of allylic oxidation sites excluding steroid dienone is 2. The van der Waals surface area contributed by atoms with Crippen LogP contribution in [-0.2, 0) is 17.4 Å². The summed E-state index contributed by atoms with van der Waals surface area (Å²) >= 11 is 0. The number of hydrogen-bond acceptors (Lipinski definition) is 4. The van der Waals surface area contributed by atoms with E-state index in [1.807, 2.05) is 0 Å². The maximum atomic E-state index is 6.29. The van der Waals surface area contributed by atoms with Crippen molar-refractivity contribution < 1.29 is 17.4 Å². The molecule has 3 atom stereocenters. The molecule has 0 aromatic heterocycles. The van der Waals surface area contributed by atoms with E-state index in [1.54, 1.807) is 21.3 Å². The molecule has 104 valence electrons. The zero-order valence-electron chi connectivity index (χ0n) is 11.9. The maximum Gasteiger partial charge on any atom is 0.668 e. The summed E-state index contributed by atoms with van der Waals surface area (Å²) in [4.78, 5) is 0. The Bertz CT molecular complexity index is 320. The van der Waals surface area contributed by atoms with Crippen LogP contribution >= 0.6 is 0 Å². The lowest BCUT2D eigenvalue weighted by Gasteiger charge is -2.38. The van der Waals surface area contributed by atoms with Crippen LogP contribution in [0.25, 0.3) is 0 Å². The Morgan fingerprint density at radius 3 is 1.94 bits per heavy atom. The van der Waals surface area contributed by atoms with Crippen molar-refractivity contribution in [3.63, 3.8) is 0 Å². The molecule has 4 nitrogen and oxygen atoms in total. The van der Waals surface area contributed by atoms with Gasteiger partial charge < -0.3 is 17.4 Å². The molecular weight excluding hydrogens is 264 g/mol. The van der Waals surface area contributed by atoms with Crippen molar-refractivity contribution >= 4 is 17.4 Å². The molecule has 0 N–H and O–H groups in total. The van der Waals surface area contributed by atoms with Crippen LogP contribution in [0.4, 0.5) is 0 Å². The molecule has 3 unspecified atom stereocenters. The quantitative estimate of drug-likeness (QED) is 0.556. The van der Waals surface area contributed by atoms with Gasteiger partial charge in [-0.15, -0.1) is 0 Å². The van der Waals surface area contributed by atoms with Crippen LogP contribution in [0.15, 0.2) is 12.2 Å². The average Bonchev–Trinajstić information content (AvgIpc) is 2.98. The van der Waals surface area contributed by atoms with Gasteiger partial charge in [0.25, 0.3) is 0 Å². The third-order valence-corrected chi connectivity index (χ3v) is 11.4. The number of hydrogen-bond donors (Lipinski definition) is 0. The van der Waals surface area contributed by atoms with Crippen LogP contribution in [0.2, 0.25) is 18.6 Å². The fraction of sp³-hybridized carbons (Fsp3) is 0.833. The Kier molecular flexibility index (Phi) is 4.15. The van der Waals surface area contributed by atoms with Crippen LogP contribution in [0.1, 0.15) is 12.8 Å². The first-order valence-electron chi connectivity index (χ1n) is 6.50. The Morgan fingerprint density at radius 2 is 1.56 bits per heavy atom. The summed E-state index contributed by atoms with van der Waals surface area (Å²) in [5.41, 5.74) is 0.653. The molecule has 2 aliphatic rings. The molecule has 1 saturated carbocycles. The molecule has 0 amide bonds. The highest BCUT2D eigenvalue weighted by molar-refractivity contribution is 6.80. The summed E-state index contributed by atoms with van der Waals surface area (Å²) in [7, 11) is 0.00780. The molecule has 2 aliphatic carbocycles. The highest BCUT2D eigenvalue weighted by atomic mass is 28.5. The molecule has 1 fully saturated rings. The smallest absolute Gasteiger partial charge is 0.394 e. The van der Waals surface area contributed by atoms with Crippen LogP contribution < -0.4 is 0 Å². The number of rotatable bonds is 6. The van der Waals surface area contributed by atoms with Gasteiger partial charge in [-0.1, -0.05) is 12.2 Å². The zero-order chi connectivity index (χ0) is 13.4. The molecule has 0 aromatic carbocycles. The van der Waals surface area contributed by atoms with Crippen LogP contribution in [0.3, 0.4) is 0 Å². The van der Waals surface area contributed by atoms with Crippen molar-refractivity contribution in [3.8, 4) is 0 Å². The fourth-order valence-electron chi connectivity index (χ4n) is 3.35. The predicted octanol–water partition coefficient (Wildman–Crippen LogP) is 2.55. The normalized spacial score (nSPS) is 31.3. The Morgan fingerprint density at radius 1 is 0.944 bits per heavy atom. The monoisotopic (exact) mass is 288 g/mol. The van der Waals surface area contributed by atoms with Gasteiger partial charge in [-0.25, -0.2) is 0 Å². The fourth-order valence-corrected chi connectivity index (χ4v) is 10.2. The van der Waals surface area contributed by atoms with Crippen LogP contribution in [0.5, 0.6) is 0 Å². The second-order valence-corrected chi connectivity index (χ2v) is 12.7. The largest absolute Gasteiger partial charge is 0.668 e. The highest BCUT2D eigenvalue weighted by Gasteiger charge is 2.54. The van der Waals surface area contributed by atoms with Crippen LogP contribution in [0, 0.1) is 11.8 Å². The van der Waals surface area contributed by atoms with Gasteiger partial charge in [-0.2, -0.15) is 0 Å². The lowest BCUT2D eigenvalue weighted by Crippen LogP contribution is -2.56. The standard InChI is InChI=1S/C12H24O4Si2/c1-13-18(14-2,15-3)16-17(4,5)12-9-10-6-7-11(12)8-10/h6-7,10-12H,8-9H2,1-5H3. The molecule has 2 bridgehead atoms. The second kappa shape index (κ2) is 5.18. The molecule has 2 rings (SSSR count). The van der Waals surface area contributed by atoms with E-state index in [0.29, 0.717) is 11.5 Å². The molecular formula is C12H24O4Si2. The molecule has 0 aliphatic heterocycles. The van der Waals surface area contributed by atoms with Gasteiger partial charge in [0.2, 0.25) is 0 Å². The van der Waals surface area contributed by atoms with Crippen molar-refractivity contribution in [2.75, 3.05) is 21.3 Å². The summed E-state index contributed by atoms with van der Waals surface area (Å²) < 4.78 is 22.5. The Hall–Kier alpha value is 0.0138. The van der Waals surface area contributed by atoms with Gasteiger partial charge in [-0.3, -0.25) is 0 Å². The molecule has 0 radical (unpaired) electrons. The molecule has 0 heterocycles. The maximum absolute atomic E-state index is 6.29. The third kappa shape index (κ3) is 2.50. The van der Waals surface area contributed by atoms with E-state index >= 15 is 0 Å². The predicted molar refractivity (Wildman–Crippen MR) is 74.5 cm³/mol. The second-order valence-electron chi connectivity index (χ2n) is 5.70. The van der Waals surface area contributed by atoms with Gasteiger partial charge in [-0.05, 0) is 43.3 Å². The molecule has 6 heteroatoms. The van der Waals surface area contributed by atoms with Crippen LogP contribution in [-0.4, -0.2) is 38.7 Å². The lowest BCUT2D eigenvalue weighted by molar-refractivity contribution is 0.0466. The summed E-state index contributed by atoms with van der Waals surface area (Å²) in [6.45, 7) is 4.51.